The van der Waals surface area contributed by atoms with Crippen molar-refractivity contribution in [1.82, 2.24) is 9.97 Å². The molecule has 0 aliphatic carbocycles. The van der Waals surface area contributed by atoms with Gasteiger partial charge in [0, 0.05) is 31.8 Å². The van der Waals surface area contributed by atoms with Crippen LogP contribution >= 0.6 is 0 Å². The molecule has 146 valence electrons. The highest BCUT2D eigenvalue weighted by Crippen LogP contribution is 2.20. The molecule has 0 radical (unpaired) electrons. The zero-order chi connectivity index (χ0) is 19.6. The van der Waals surface area contributed by atoms with Crippen molar-refractivity contribution in [1.29, 1.82) is 0 Å². The summed E-state index contributed by atoms with van der Waals surface area (Å²) < 4.78 is 10.3. The summed E-state index contributed by atoms with van der Waals surface area (Å²) in [6, 6.07) is 20.0. The van der Waals surface area contributed by atoms with E-state index in [0.717, 1.165) is 35.9 Å². The monoisotopic (exact) mass is 378 g/mol. The molecular weight excluding hydrogens is 352 g/mol. The van der Waals surface area contributed by atoms with Gasteiger partial charge in [0.2, 0.25) is 0 Å². The maximum Gasteiger partial charge on any atom is 0.163 e. The Labute approximate surface area is 166 Å². The van der Waals surface area contributed by atoms with Crippen LogP contribution in [0.1, 0.15) is 5.56 Å². The van der Waals surface area contributed by atoms with E-state index < -0.39 is 0 Å². The van der Waals surface area contributed by atoms with Gasteiger partial charge in [-0.25, -0.2) is 9.97 Å². The number of methoxy groups -OCH3 is 2. The Hall–Kier alpha value is -3.12. The third-order valence-electron chi connectivity index (χ3n) is 4.25. The molecule has 1 heterocycles. The molecule has 0 atom stereocenters. The van der Waals surface area contributed by atoms with Gasteiger partial charge >= 0.3 is 0 Å². The average Bonchev–Trinajstić information content (AvgIpc) is 2.75. The van der Waals surface area contributed by atoms with E-state index in [0.29, 0.717) is 19.0 Å². The quantitative estimate of drug-likeness (QED) is 0.522. The van der Waals surface area contributed by atoms with Gasteiger partial charge in [-0.05, 0) is 24.1 Å². The van der Waals surface area contributed by atoms with E-state index in [2.05, 4.69) is 32.7 Å². The molecule has 0 aliphatic heterocycles. The molecule has 6 nitrogen and oxygen atoms in total. The summed E-state index contributed by atoms with van der Waals surface area (Å²) >= 11 is 0. The SMILES string of the molecule is COCCNc1cc(NCCc2ccc(OC)cc2)nc(-c2ccccc2)n1. The van der Waals surface area contributed by atoms with Crippen molar-refractivity contribution in [2.24, 2.45) is 0 Å². The Morgan fingerprint density at radius 3 is 2.14 bits per heavy atom. The highest BCUT2D eigenvalue weighted by atomic mass is 16.5. The van der Waals surface area contributed by atoms with Gasteiger partial charge in [-0.1, -0.05) is 42.5 Å². The first-order valence-corrected chi connectivity index (χ1v) is 9.32. The molecule has 2 aromatic carbocycles. The van der Waals surface area contributed by atoms with Crippen molar-refractivity contribution in [2.45, 2.75) is 6.42 Å². The highest BCUT2D eigenvalue weighted by Gasteiger charge is 2.07. The zero-order valence-electron chi connectivity index (χ0n) is 16.3. The van der Waals surface area contributed by atoms with Crippen molar-refractivity contribution in [3.63, 3.8) is 0 Å². The third kappa shape index (κ3) is 5.69. The van der Waals surface area contributed by atoms with E-state index in [1.165, 1.54) is 5.56 Å². The van der Waals surface area contributed by atoms with Crippen molar-refractivity contribution in [3.05, 3.63) is 66.2 Å². The number of nitrogens with zero attached hydrogens (tertiary/aromatic N) is 2. The summed E-state index contributed by atoms with van der Waals surface area (Å²) in [7, 11) is 3.36. The normalized spacial score (nSPS) is 10.5. The Kier molecular flexibility index (Phi) is 7.21. The van der Waals surface area contributed by atoms with Crippen molar-refractivity contribution in [2.75, 3.05) is 44.5 Å². The molecule has 1 aromatic heterocycles. The molecule has 0 aliphatic rings. The summed E-state index contributed by atoms with van der Waals surface area (Å²) in [5.74, 6) is 3.13. The molecule has 0 saturated heterocycles. The Balaban J connectivity index is 1.69. The topological polar surface area (TPSA) is 68.3 Å². The number of benzene rings is 2. The first kappa shape index (κ1) is 19.6. The molecular formula is C22H26N4O2. The van der Waals surface area contributed by atoms with Gasteiger partial charge in [0.1, 0.15) is 17.4 Å². The minimum Gasteiger partial charge on any atom is -0.497 e. The van der Waals surface area contributed by atoms with Crippen LogP contribution in [0.15, 0.2) is 60.7 Å². The summed E-state index contributed by atoms with van der Waals surface area (Å²) in [5, 5.41) is 6.70. The highest BCUT2D eigenvalue weighted by molar-refractivity contribution is 5.61. The fourth-order valence-corrected chi connectivity index (χ4v) is 2.75. The van der Waals surface area contributed by atoms with Gasteiger partial charge in [-0.3, -0.25) is 0 Å². The van der Waals surface area contributed by atoms with Crippen LogP contribution in [-0.2, 0) is 11.2 Å². The number of ether oxygens (including phenoxy) is 2. The molecule has 0 unspecified atom stereocenters. The second-order valence-electron chi connectivity index (χ2n) is 6.27. The number of anilines is 2. The van der Waals surface area contributed by atoms with E-state index in [-0.39, 0.29) is 0 Å². The van der Waals surface area contributed by atoms with Gasteiger partial charge in [0.25, 0.3) is 0 Å². The van der Waals surface area contributed by atoms with Crippen molar-refractivity contribution in [3.8, 4) is 17.1 Å². The molecule has 6 heteroatoms. The molecule has 28 heavy (non-hydrogen) atoms. The fourth-order valence-electron chi connectivity index (χ4n) is 2.75. The first-order chi connectivity index (χ1) is 13.8. The van der Waals surface area contributed by atoms with Crippen LogP contribution in [0.4, 0.5) is 11.6 Å². The van der Waals surface area contributed by atoms with Crippen LogP contribution in [0.25, 0.3) is 11.4 Å². The van der Waals surface area contributed by atoms with E-state index >= 15 is 0 Å². The lowest BCUT2D eigenvalue weighted by Gasteiger charge is -2.12. The zero-order valence-corrected chi connectivity index (χ0v) is 16.3. The minimum absolute atomic E-state index is 0.616. The van der Waals surface area contributed by atoms with Gasteiger partial charge in [0.05, 0.1) is 13.7 Å². The lowest BCUT2D eigenvalue weighted by molar-refractivity contribution is 0.210. The van der Waals surface area contributed by atoms with Crippen LogP contribution in [0.3, 0.4) is 0 Å². The molecule has 0 spiro atoms. The Morgan fingerprint density at radius 2 is 1.50 bits per heavy atom. The maximum atomic E-state index is 5.20. The predicted octanol–water partition coefficient (Wildman–Crippen LogP) is 3.87. The van der Waals surface area contributed by atoms with Crippen molar-refractivity contribution >= 4 is 11.6 Å². The van der Waals surface area contributed by atoms with Gasteiger partial charge in [-0.15, -0.1) is 0 Å². The van der Waals surface area contributed by atoms with Gasteiger partial charge in [0.15, 0.2) is 5.82 Å². The number of rotatable bonds is 10. The van der Waals surface area contributed by atoms with Crippen LogP contribution in [0, 0.1) is 0 Å². The van der Waals surface area contributed by atoms with Crippen LogP contribution in [0.5, 0.6) is 5.75 Å². The second-order valence-corrected chi connectivity index (χ2v) is 6.27. The number of aromatic nitrogens is 2. The van der Waals surface area contributed by atoms with Crippen molar-refractivity contribution < 1.29 is 9.47 Å². The fraction of sp³-hybridized carbons (Fsp3) is 0.273. The van der Waals surface area contributed by atoms with E-state index in [9.17, 15) is 0 Å². The summed E-state index contributed by atoms with van der Waals surface area (Å²) in [5.41, 5.74) is 2.22. The number of hydrogen-bond donors (Lipinski definition) is 2. The predicted molar refractivity (Wildman–Crippen MR) is 113 cm³/mol. The molecule has 0 fully saturated rings. The molecule has 0 saturated carbocycles. The largest absolute Gasteiger partial charge is 0.497 e. The smallest absolute Gasteiger partial charge is 0.163 e. The molecule has 0 bridgehead atoms. The average molecular weight is 378 g/mol. The number of nitrogens with one attached hydrogen (secondary N) is 2. The molecule has 0 amide bonds. The van der Waals surface area contributed by atoms with Crippen LogP contribution < -0.4 is 15.4 Å². The molecule has 3 aromatic rings. The van der Waals surface area contributed by atoms with Gasteiger partial charge in [-0.2, -0.15) is 0 Å². The van der Waals surface area contributed by atoms with E-state index in [4.69, 9.17) is 9.47 Å². The second kappa shape index (κ2) is 10.3. The molecule has 2 N–H and O–H groups in total. The Bertz CT molecular complexity index is 854. The summed E-state index contributed by atoms with van der Waals surface area (Å²) in [6.07, 6.45) is 0.890. The molecule has 3 rings (SSSR count). The minimum atomic E-state index is 0.616. The van der Waals surface area contributed by atoms with E-state index in [1.54, 1.807) is 14.2 Å². The summed E-state index contributed by atoms with van der Waals surface area (Å²) in [4.78, 5) is 9.31. The maximum absolute atomic E-state index is 5.20. The Morgan fingerprint density at radius 1 is 0.821 bits per heavy atom. The van der Waals surface area contributed by atoms with Crippen LogP contribution in [-0.4, -0.2) is 43.9 Å². The standard InChI is InChI=1S/C22H26N4O2/c1-27-15-14-24-21-16-20(25-22(26-21)18-6-4-3-5-7-18)23-13-12-17-8-10-19(28-2)11-9-17/h3-11,16H,12-15H2,1-2H3,(H2,23,24,25,26). The van der Waals surface area contributed by atoms with Gasteiger partial charge < -0.3 is 20.1 Å². The van der Waals surface area contributed by atoms with Crippen LogP contribution in [0.2, 0.25) is 0 Å². The summed E-state index contributed by atoms with van der Waals surface area (Å²) in [6.45, 7) is 2.08. The number of hydrogen-bond acceptors (Lipinski definition) is 6. The third-order valence-corrected chi connectivity index (χ3v) is 4.25. The first-order valence-electron chi connectivity index (χ1n) is 9.32. The lowest BCUT2D eigenvalue weighted by atomic mass is 10.1. The lowest BCUT2D eigenvalue weighted by Crippen LogP contribution is -2.12. The van der Waals surface area contributed by atoms with E-state index in [1.807, 2.05) is 48.5 Å².